The van der Waals surface area contributed by atoms with Crippen LogP contribution in [0.4, 0.5) is 0 Å². The summed E-state index contributed by atoms with van der Waals surface area (Å²) in [5, 5.41) is 14.6. The van der Waals surface area contributed by atoms with Crippen molar-refractivity contribution >= 4 is 5.84 Å². The van der Waals surface area contributed by atoms with Gasteiger partial charge < -0.3 is 21.2 Å². The van der Waals surface area contributed by atoms with Gasteiger partial charge in [0.2, 0.25) is 0 Å². The smallest absolute Gasteiger partial charge is 0.140 e. The normalized spacial score (nSPS) is 12.0. The Balaban J connectivity index is 2.03. The standard InChI is InChI=1S/C14H24N4O/c1-18(12-13-6-3-2-4-7-13)11-5-9-16-10-8-14(15)17-19/h2-4,6-7,16,19H,5,8-12H2,1H3,(H2,15,17). The molecule has 1 aromatic rings. The Kier molecular flexibility index (Phi) is 7.62. The average molecular weight is 264 g/mol. The van der Waals surface area contributed by atoms with Crippen LogP contribution >= 0.6 is 0 Å². The Labute approximate surface area is 115 Å². The number of nitrogens with one attached hydrogen (secondary N) is 1. The van der Waals surface area contributed by atoms with E-state index in [1.165, 1.54) is 5.56 Å². The molecule has 0 spiro atoms. The van der Waals surface area contributed by atoms with Gasteiger partial charge in [-0.05, 0) is 32.1 Å². The second-order valence-corrected chi connectivity index (χ2v) is 4.67. The van der Waals surface area contributed by atoms with E-state index in [9.17, 15) is 0 Å². The number of benzene rings is 1. The second kappa shape index (κ2) is 9.35. The number of hydrogen-bond acceptors (Lipinski definition) is 4. The van der Waals surface area contributed by atoms with Gasteiger partial charge in [0.1, 0.15) is 5.84 Å². The summed E-state index contributed by atoms with van der Waals surface area (Å²) in [5.74, 6) is 0.272. The molecular weight excluding hydrogens is 240 g/mol. The van der Waals surface area contributed by atoms with Gasteiger partial charge >= 0.3 is 0 Å². The minimum atomic E-state index is 0.272. The number of nitrogens with two attached hydrogens (primary N) is 1. The van der Waals surface area contributed by atoms with Crippen molar-refractivity contribution in [3.8, 4) is 0 Å². The molecule has 106 valence electrons. The van der Waals surface area contributed by atoms with Crippen LogP contribution in [-0.2, 0) is 6.54 Å². The zero-order valence-corrected chi connectivity index (χ0v) is 11.5. The predicted octanol–water partition coefficient (Wildman–Crippen LogP) is 1.23. The first-order valence-corrected chi connectivity index (χ1v) is 6.62. The van der Waals surface area contributed by atoms with E-state index in [-0.39, 0.29) is 5.84 Å². The molecule has 5 heteroatoms. The van der Waals surface area contributed by atoms with Crippen LogP contribution in [0.25, 0.3) is 0 Å². The fraction of sp³-hybridized carbons (Fsp3) is 0.500. The summed E-state index contributed by atoms with van der Waals surface area (Å²) in [7, 11) is 2.13. The lowest BCUT2D eigenvalue weighted by molar-refractivity contribution is 0.315. The van der Waals surface area contributed by atoms with Crippen molar-refractivity contribution < 1.29 is 5.21 Å². The molecule has 19 heavy (non-hydrogen) atoms. The first-order chi connectivity index (χ1) is 9.22. The van der Waals surface area contributed by atoms with Gasteiger partial charge in [0.25, 0.3) is 0 Å². The van der Waals surface area contributed by atoms with Crippen molar-refractivity contribution in [3.05, 3.63) is 35.9 Å². The molecule has 0 unspecified atom stereocenters. The summed E-state index contributed by atoms with van der Waals surface area (Å²) in [6, 6.07) is 10.5. The minimum absolute atomic E-state index is 0.272. The van der Waals surface area contributed by atoms with Crippen molar-refractivity contribution in [3.63, 3.8) is 0 Å². The van der Waals surface area contributed by atoms with Crippen molar-refractivity contribution in [2.45, 2.75) is 19.4 Å². The van der Waals surface area contributed by atoms with E-state index in [4.69, 9.17) is 10.9 Å². The van der Waals surface area contributed by atoms with E-state index in [1.54, 1.807) is 0 Å². The van der Waals surface area contributed by atoms with Crippen molar-refractivity contribution in [1.82, 2.24) is 10.2 Å². The summed E-state index contributed by atoms with van der Waals surface area (Å²) in [6.07, 6.45) is 1.66. The van der Waals surface area contributed by atoms with Crippen LogP contribution < -0.4 is 11.1 Å². The van der Waals surface area contributed by atoms with E-state index in [0.29, 0.717) is 6.42 Å². The third-order valence-corrected chi connectivity index (χ3v) is 2.88. The van der Waals surface area contributed by atoms with Crippen molar-refractivity contribution in [2.24, 2.45) is 10.9 Å². The molecule has 0 heterocycles. The largest absolute Gasteiger partial charge is 0.409 e. The van der Waals surface area contributed by atoms with Gasteiger partial charge in [-0.3, -0.25) is 0 Å². The van der Waals surface area contributed by atoms with Gasteiger partial charge in [-0.25, -0.2) is 0 Å². The van der Waals surface area contributed by atoms with Crippen molar-refractivity contribution in [2.75, 3.05) is 26.7 Å². The zero-order chi connectivity index (χ0) is 13.9. The molecule has 0 saturated heterocycles. The van der Waals surface area contributed by atoms with Gasteiger partial charge in [0.05, 0.1) is 0 Å². The van der Waals surface area contributed by atoms with Crippen LogP contribution in [0.1, 0.15) is 18.4 Å². The number of hydrogen-bond donors (Lipinski definition) is 3. The fourth-order valence-corrected chi connectivity index (χ4v) is 1.84. The molecule has 0 radical (unpaired) electrons. The van der Waals surface area contributed by atoms with Gasteiger partial charge in [-0.2, -0.15) is 0 Å². The van der Waals surface area contributed by atoms with Crippen LogP contribution in [-0.4, -0.2) is 42.6 Å². The molecule has 0 aromatic heterocycles. The summed E-state index contributed by atoms with van der Waals surface area (Å²) in [6.45, 7) is 3.71. The summed E-state index contributed by atoms with van der Waals surface area (Å²) < 4.78 is 0. The molecule has 1 rings (SSSR count). The Morgan fingerprint density at radius 2 is 2.05 bits per heavy atom. The Morgan fingerprint density at radius 1 is 1.32 bits per heavy atom. The van der Waals surface area contributed by atoms with Crippen LogP contribution in [0.15, 0.2) is 35.5 Å². The lowest BCUT2D eigenvalue weighted by atomic mass is 10.2. The molecule has 1 aromatic carbocycles. The van der Waals surface area contributed by atoms with Gasteiger partial charge in [-0.15, -0.1) is 0 Å². The monoisotopic (exact) mass is 264 g/mol. The highest BCUT2D eigenvalue weighted by molar-refractivity contribution is 5.79. The maximum absolute atomic E-state index is 8.38. The summed E-state index contributed by atoms with van der Waals surface area (Å²) in [5.41, 5.74) is 6.71. The molecule has 0 bridgehead atoms. The number of nitrogens with zero attached hydrogens (tertiary/aromatic N) is 2. The zero-order valence-electron chi connectivity index (χ0n) is 11.5. The van der Waals surface area contributed by atoms with Gasteiger partial charge in [0.15, 0.2) is 0 Å². The summed E-state index contributed by atoms with van der Waals surface area (Å²) in [4.78, 5) is 2.31. The average Bonchev–Trinajstić information content (AvgIpc) is 2.43. The van der Waals surface area contributed by atoms with Gasteiger partial charge in [-0.1, -0.05) is 35.5 Å². The third kappa shape index (κ3) is 7.43. The quantitative estimate of drug-likeness (QED) is 0.206. The maximum atomic E-state index is 8.38. The minimum Gasteiger partial charge on any atom is -0.409 e. The van der Waals surface area contributed by atoms with Crippen molar-refractivity contribution in [1.29, 1.82) is 0 Å². The molecule has 0 aliphatic rings. The number of rotatable bonds is 9. The molecular formula is C14H24N4O. The highest BCUT2D eigenvalue weighted by atomic mass is 16.4. The van der Waals surface area contributed by atoms with E-state index < -0.39 is 0 Å². The van der Waals surface area contributed by atoms with E-state index in [0.717, 1.165) is 32.6 Å². The SMILES string of the molecule is CN(CCCNCCC(N)=NO)Cc1ccccc1. The first-order valence-electron chi connectivity index (χ1n) is 6.62. The van der Waals surface area contributed by atoms with Crippen LogP contribution in [0.5, 0.6) is 0 Å². The predicted molar refractivity (Wildman–Crippen MR) is 78.3 cm³/mol. The molecule has 0 atom stereocenters. The number of amidine groups is 1. The van der Waals surface area contributed by atoms with E-state index in [1.807, 2.05) is 6.07 Å². The molecule has 4 N–H and O–H groups in total. The van der Waals surface area contributed by atoms with Crippen LogP contribution in [0, 0.1) is 0 Å². The Morgan fingerprint density at radius 3 is 2.74 bits per heavy atom. The van der Waals surface area contributed by atoms with Gasteiger partial charge in [0, 0.05) is 19.5 Å². The third-order valence-electron chi connectivity index (χ3n) is 2.88. The Hall–Kier alpha value is -1.59. The van der Waals surface area contributed by atoms with E-state index in [2.05, 4.69) is 46.7 Å². The Bertz CT molecular complexity index is 367. The second-order valence-electron chi connectivity index (χ2n) is 4.67. The fourth-order valence-electron chi connectivity index (χ4n) is 1.84. The number of oxime groups is 1. The van der Waals surface area contributed by atoms with Crippen LogP contribution in [0.2, 0.25) is 0 Å². The first kappa shape index (κ1) is 15.5. The topological polar surface area (TPSA) is 73.9 Å². The summed E-state index contributed by atoms with van der Waals surface area (Å²) >= 11 is 0. The maximum Gasteiger partial charge on any atom is 0.140 e. The van der Waals surface area contributed by atoms with Crippen LogP contribution in [0.3, 0.4) is 0 Å². The molecule has 5 nitrogen and oxygen atoms in total. The molecule has 0 saturated carbocycles. The lowest BCUT2D eigenvalue weighted by Gasteiger charge is -2.16. The molecule has 0 amide bonds. The molecule has 0 aliphatic heterocycles. The molecule has 0 aliphatic carbocycles. The van der Waals surface area contributed by atoms with E-state index >= 15 is 0 Å². The highest BCUT2D eigenvalue weighted by Crippen LogP contribution is 2.02. The highest BCUT2D eigenvalue weighted by Gasteiger charge is 1.99. The lowest BCUT2D eigenvalue weighted by Crippen LogP contribution is -2.26. The molecule has 0 fully saturated rings.